The molecule has 0 aromatic heterocycles. The fraction of sp³-hybridized carbons (Fsp3) is 0.588. The van der Waals surface area contributed by atoms with Crippen LogP contribution in [0.3, 0.4) is 0 Å². The van der Waals surface area contributed by atoms with Crippen molar-refractivity contribution >= 4 is 6.09 Å². The van der Waals surface area contributed by atoms with E-state index in [1.807, 2.05) is 37.3 Å². The van der Waals surface area contributed by atoms with Crippen LogP contribution < -0.4 is 5.32 Å². The second-order valence-electron chi connectivity index (χ2n) is 6.47. The number of hydrogen-bond donors (Lipinski definition) is 2. The first-order valence-corrected chi connectivity index (χ1v) is 8.06. The molecule has 2 saturated heterocycles. The summed E-state index contributed by atoms with van der Waals surface area (Å²) < 4.78 is 22.4. The van der Waals surface area contributed by atoms with Gasteiger partial charge in [0, 0.05) is 6.42 Å². The molecule has 4 atom stereocenters. The SMILES string of the molecule is C[C@@H](O)[C@H](NC(=O)OCc1ccccc1)C12OCCC(C)(CO1)O2. The van der Waals surface area contributed by atoms with Crippen LogP contribution in [0.5, 0.6) is 0 Å². The molecule has 2 fully saturated rings. The predicted molar refractivity (Wildman–Crippen MR) is 84.0 cm³/mol. The zero-order valence-electron chi connectivity index (χ0n) is 13.9. The van der Waals surface area contributed by atoms with Gasteiger partial charge in [-0.15, -0.1) is 0 Å². The second kappa shape index (κ2) is 6.68. The molecule has 7 nitrogen and oxygen atoms in total. The molecular weight excluding hydrogens is 314 g/mol. The van der Waals surface area contributed by atoms with Gasteiger partial charge in [0.1, 0.15) is 12.6 Å². The lowest BCUT2D eigenvalue weighted by atomic mass is 10.0. The number of benzene rings is 1. The van der Waals surface area contributed by atoms with Crippen LogP contribution in [0.25, 0.3) is 0 Å². The summed E-state index contributed by atoms with van der Waals surface area (Å²) in [5.74, 6) is -1.48. The molecule has 0 radical (unpaired) electrons. The van der Waals surface area contributed by atoms with E-state index >= 15 is 0 Å². The van der Waals surface area contributed by atoms with Crippen molar-refractivity contribution in [2.24, 2.45) is 0 Å². The number of carbonyl (C=O) groups is 1. The van der Waals surface area contributed by atoms with Crippen LogP contribution >= 0.6 is 0 Å². The third-order valence-corrected chi connectivity index (χ3v) is 4.25. The van der Waals surface area contributed by atoms with Crippen LogP contribution in [0.1, 0.15) is 25.8 Å². The molecule has 2 aliphatic rings. The van der Waals surface area contributed by atoms with Crippen LogP contribution in [0.15, 0.2) is 30.3 Å². The van der Waals surface area contributed by atoms with Crippen molar-refractivity contribution in [2.45, 2.75) is 50.6 Å². The lowest BCUT2D eigenvalue weighted by Crippen LogP contribution is -2.62. The van der Waals surface area contributed by atoms with Gasteiger partial charge in [-0.3, -0.25) is 0 Å². The quantitative estimate of drug-likeness (QED) is 0.848. The summed E-state index contributed by atoms with van der Waals surface area (Å²) in [6, 6.07) is 8.44. The Balaban J connectivity index is 1.63. The summed E-state index contributed by atoms with van der Waals surface area (Å²) in [5, 5.41) is 12.7. The number of carbonyl (C=O) groups excluding carboxylic acids is 1. The molecule has 2 unspecified atom stereocenters. The second-order valence-corrected chi connectivity index (χ2v) is 6.47. The normalized spacial score (nSPS) is 31.3. The number of alkyl carbamates (subject to hydrolysis) is 1. The van der Waals surface area contributed by atoms with Gasteiger partial charge in [0.2, 0.25) is 0 Å². The third-order valence-electron chi connectivity index (χ3n) is 4.25. The van der Waals surface area contributed by atoms with E-state index in [1.54, 1.807) is 0 Å². The van der Waals surface area contributed by atoms with Gasteiger partial charge in [0.15, 0.2) is 0 Å². The summed E-state index contributed by atoms with van der Waals surface area (Å²) in [5.41, 5.74) is 0.398. The van der Waals surface area contributed by atoms with Gasteiger partial charge < -0.3 is 29.4 Å². The average molecular weight is 337 g/mol. The smallest absolute Gasteiger partial charge is 0.408 e. The van der Waals surface area contributed by atoms with E-state index in [0.29, 0.717) is 19.6 Å². The number of hydrogen-bond acceptors (Lipinski definition) is 6. The molecule has 0 aliphatic carbocycles. The Bertz CT molecular complexity index is 580. The lowest BCUT2D eigenvalue weighted by molar-refractivity contribution is -0.384. The fourth-order valence-corrected chi connectivity index (χ4v) is 2.90. The van der Waals surface area contributed by atoms with Crippen molar-refractivity contribution < 1.29 is 28.8 Å². The summed E-state index contributed by atoms with van der Waals surface area (Å²) in [6.07, 6.45) is -0.927. The summed E-state index contributed by atoms with van der Waals surface area (Å²) in [4.78, 5) is 12.1. The minimum atomic E-state index is -1.48. The Morgan fingerprint density at radius 2 is 2.12 bits per heavy atom. The van der Waals surface area contributed by atoms with Crippen molar-refractivity contribution in [1.29, 1.82) is 0 Å². The van der Waals surface area contributed by atoms with Crippen LogP contribution in [0, 0.1) is 0 Å². The summed E-state index contributed by atoms with van der Waals surface area (Å²) >= 11 is 0. The fourth-order valence-electron chi connectivity index (χ4n) is 2.90. The van der Waals surface area contributed by atoms with Crippen molar-refractivity contribution in [2.75, 3.05) is 13.2 Å². The molecule has 0 spiro atoms. The lowest BCUT2D eigenvalue weighted by Gasteiger charge is -2.41. The van der Waals surface area contributed by atoms with E-state index in [-0.39, 0.29) is 6.61 Å². The number of aliphatic hydroxyl groups excluding tert-OH is 1. The van der Waals surface area contributed by atoms with Gasteiger partial charge in [-0.25, -0.2) is 4.79 Å². The van der Waals surface area contributed by atoms with Crippen molar-refractivity contribution in [3.63, 3.8) is 0 Å². The van der Waals surface area contributed by atoms with Crippen LogP contribution in [-0.2, 0) is 25.6 Å². The van der Waals surface area contributed by atoms with Crippen LogP contribution in [-0.4, -0.2) is 48.1 Å². The highest BCUT2D eigenvalue weighted by atomic mass is 16.9. The highest BCUT2D eigenvalue weighted by molar-refractivity contribution is 5.67. The first-order chi connectivity index (χ1) is 11.4. The van der Waals surface area contributed by atoms with Gasteiger partial charge in [-0.05, 0) is 19.4 Å². The van der Waals surface area contributed by atoms with E-state index < -0.39 is 29.8 Å². The molecule has 2 N–H and O–H groups in total. The molecule has 132 valence electrons. The molecule has 0 saturated carbocycles. The minimum absolute atomic E-state index is 0.131. The summed E-state index contributed by atoms with van der Waals surface area (Å²) in [7, 11) is 0. The Morgan fingerprint density at radius 1 is 1.38 bits per heavy atom. The van der Waals surface area contributed by atoms with Gasteiger partial charge in [-0.2, -0.15) is 0 Å². The van der Waals surface area contributed by atoms with E-state index in [1.165, 1.54) is 6.92 Å². The zero-order valence-corrected chi connectivity index (χ0v) is 13.9. The van der Waals surface area contributed by atoms with Crippen LogP contribution in [0.2, 0.25) is 0 Å². The molecular formula is C17H23NO6. The Morgan fingerprint density at radius 3 is 2.83 bits per heavy atom. The molecule has 7 heteroatoms. The molecule has 3 rings (SSSR count). The van der Waals surface area contributed by atoms with E-state index in [4.69, 9.17) is 18.9 Å². The molecule has 2 aliphatic heterocycles. The van der Waals surface area contributed by atoms with Crippen molar-refractivity contribution in [3.05, 3.63) is 35.9 Å². The summed E-state index contributed by atoms with van der Waals surface area (Å²) in [6.45, 7) is 4.37. The van der Waals surface area contributed by atoms with Crippen LogP contribution in [0.4, 0.5) is 4.79 Å². The number of nitrogens with one attached hydrogen (secondary N) is 1. The average Bonchev–Trinajstić information content (AvgIpc) is 2.81. The van der Waals surface area contributed by atoms with E-state index in [0.717, 1.165) is 5.56 Å². The Kier molecular flexibility index (Phi) is 4.78. The maximum absolute atomic E-state index is 12.1. The molecule has 2 bridgehead atoms. The monoisotopic (exact) mass is 337 g/mol. The van der Waals surface area contributed by atoms with E-state index in [2.05, 4.69) is 5.32 Å². The number of fused-ring (bicyclic) bond motifs is 2. The highest BCUT2D eigenvalue weighted by Gasteiger charge is 2.59. The molecule has 1 aromatic carbocycles. The van der Waals surface area contributed by atoms with Gasteiger partial charge >= 0.3 is 12.1 Å². The topological polar surface area (TPSA) is 86.3 Å². The Hall–Kier alpha value is -1.67. The molecule has 1 amide bonds. The maximum atomic E-state index is 12.1. The standard InChI is InChI=1S/C17H23NO6/c1-12(19)14(17-22-9-8-16(2,24-17)11-23-17)18-15(20)21-10-13-6-4-3-5-7-13/h3-7,12,14,19H,8-11H2,1-2H3,(H,18,20)/t12-,14+,16?,17?/m1/s1. The van der Waals surface area contributed by atoms with Gasteiger partial charge in [-0.1, -0.05) is 30.3 Å². The Labute approximate surface area is 140 Å². The minimum Gasteiger partial charge on any atom is -0.445 e. The number of aliphatic hydroxyl groups is 1. The number of ether oxygens (including phenoxy) is 4. The first-order valence-electron chi connectivity index (χ1n) is 8.06. The van der Waals surface area contributed by atoms with Crippen molar-refractivity contribution in [3.8, 4) is 0 Å². The third kappa shape index (κ3) is 3.54. The zero-order chi connectivity index (χ0) is 17.2. The predicted octanol–water partition coefficient (Wildman–Crippen LogP) is 1.54. The molecule has 1 aromatic rings. The van der Waals surface area contributed by atoms with Crippen molar-refractivity contribution in [1.82, 2.24) is 5.32 Å². The van der Waals surface area contributed by atoms with E-state index in [9.17, 15) is 9.90 Å². The number of rotatable bonds is 5. The maximum Gasteiger partial charge on any atom is 0.408 e. The first kappa shape index (κ1) is 17.2. The number of amides is 1. The molecule has 2 heterocycles. The van der Waals surface area contributed by atoms with Gasteiger partial charge in [0.05, 0.1) is 24.9 Å². The largest absolute Gasteiger partial charge is 0.445 e. The molecule has 24 heavy (non-hydrogen) atoms. The highest BCUT2D eigenvalue weighted by Crippen LogP contribution is 2.41. The van der Waals surface area contributed by atoms with Gasteiger partial charge in [0.25, 0.3) is 0 Å².